The molecule has 0 saturated heterocycles. The van der Waals surface area contributed by atoms with Gasteiger partial charge < -0.3 is 15.8 Å². The second kappa shape index (κ2) is 6.64. The zero-order valence-electron chi connectivity index (χ0n) is 13.8. The summed E-state index contributed by atoms with van der Waals surface area (Å²) in [7, 11) is 0. The van der Waals surface area contributed by atoms with Gasteiger partial charge in [0.25, 0.3) is 0 Å². The van der Waals surface area contributed by atoms with Crippen LogP contribution in [0.25, 0.3) is 0 Å². The molecule has 0 radical (unpaired) electrons. The van der Waals surface area contributed by atoms with E-state index in [9.17, 15) is 14.4 Å². The van der Waals surface area contributed by atoms with E-state index in [1.54, 1.807) is 25.1 Å². The van der Waals surface area contributed by atoms with E-state index in [1.807, 2.05) is 0 Å². The van der Waals surface area contributed by atoms with Gasteiger partial charge in [0.15, 0.2) is 5.13 Å². The number of thiazole rings is 1. The van der Waals surface area contributed by atoms with Crippen LogP contribution in [-0.2, 0) is 16.0 Å². The van der Waals surface area contributed by atoms with E-state index in [4.69, 9.17) is 10.5 Å². The van der Waals surface area contributed by atoms with Gasteiger partial charge in [-0.25, -0.2) is 9.78 Å². The Morgan fingerprint density at radius 1 is 1.36 bits per heavy atom. The molecule has 1 atom stereocenters. The number of nitrogens with one attached hydrogen (secondary N) is 1. The number of benzene rings is 1. The van der Waals surface area contributed by atoms with Gasteiger partial charge in [0.1, 0.15) is 10.6 Å². The van der Waals surface area contributed by atoms with Crippen molar-refractivity contribution in [3.63, 3.8) is 0 Å². The van der Waals surface area contributed by atoms with E-state index in [-0.39, 0.29) is 17.7 Å². The number of nitrogens with zero attached hydrogens (tertiary/aromatic N) is 1. The SMILES string of the molecule is CC(=O)Nc1nc(C)c(C(=O)Oc2ccc3c(c2)CCC3C(N)=O)s1. The maximum absolute atomic E-state index is 12.4. The summed E-state index contributed by atoms with van der Waals surface area (Å²) in [6, 6.07) is 5.20. The van der Waals surface area contributed by atoms with E-state index in [0.29, 0.717) is 27.9 Å². The molecule has 1 aromatic carbocycles. The van der Waals surface area contributed by atoms with Crippen molar-refractivity contribution in [1.29, 1.82) is 0 Å². The van der Waals surface area contributed by atoms with E-state index in [1.165, 1.54) is 6.92 Å². The topological polar surface area (TPSA) is 111 Å². The first-order valence-corrected chi connectivity index (χ1v) is 8.56. The minimum Gasteiger partial charge on any atom is -0.422 e. The second-order valence-electron chi connectivity index (χ2n) is 5.86. The van der Waals surface area contributed by atoms with Gasteiger partial charge in [-0.3, -0.25) is 9.59 Å². The molecule has 2 aromatic rings. The summed E-state index contributed by atoms with van der Waals surface area (Å²) in [5.74, 6) is -0.993. The first-order chi connectivity index (χ1) is 11.8. The molecule has 25 heavy (non-hydrogen) atoms. The third-order valence-electron chi connectivity index (χ3n) is 4.01. The molecule has 8 heteroatoms. The van der Waals surface area contributed by atoms with Crippen LogP contribution in [0.4, 0.5) is 5.13 Å². The zero-order valence-corrected chi connectivity index (χ0v) is 14.6. The maximum atomic E-state index is 12.4. The number of hydrogen-bond donors (Lipinski definition) is 2. The fourth-order valence-electron chi connectivity index (χ4n) is 2.90. The van der Waals surface area contributed by atoms with Gasteiger partial charge in [-0.2, -0.15) is 0 Å². The molecule has 1 aliphatic carbocycles. The highest BCUT2D eigenvalue weighted by atomic mass is 32.1. The molecule has 0 fully saturated rings. The van der Waals surface area contributed by atoms with E-state index in [2.05, 4.69) is 10.3 Å². The monoisotopic (exact) mass is 359 g/mol. The Balaban J connectivity index is 1.77. The first kappa shape index (κ1) is 17.1. The molecule has 0 spiro atoms. The Kier molecular flexibility index (Phi) is 4.54. The number of fused-ring (bicyclic) bond motifs is 1. The van der Waals surface area contributed by atoms with Crippen molar-refractivity contribution in [3.05, 3.63) is 39.9 Å². The molecule has 7 nitrogen and oxygen atoms in total. The number of hydrogen-bond acceptors (Lipinski definition) is 6. The molecule has 1 aromatic heterocycles. The van der Waals surface area contributed by atoms with Gasteiger partial charge in [-0.15, -0.1) is 0 Å². The molecule has 0 saturated carbocycles. The van der Waals surface area contributed by atoms with Gasteiger partial charge >= 0.3 is 5.97 Å². The van der Waals surface area contributed by atoms with Crippen LogP contribution in [0.15, 0.2) is 18.2 Å². The lowest BCUT2D eigenvalue weighted by Gasteiger charge is -2.08. The van der Waals surface area contributed by atoms with Crippen LogP contribution in [0, 0.1) is 6.92 Å². The summed E-state index contributed by atoms with van der Waals surface area (Å²) in [4.78, 5) is 39.3. The smallest absolute Gasteiger partial charge is 0.355 e. The Labute approximate surface area is 148 Å². The fourth-order valence-corrected chi connectivity index (χ4v) is 3.79. The molecule has 1 heterocycles. The predicted molar refractivity (Wildman–Crippen MR) is 92.8 cm³/mol. The molecule has 0 aliphatic heterocycles. The summed E-state index contributed by atoms with van der Waals surface area (Å²) < 4.78 is 5.42. The number of amides is 2. The van der Waals surface area contributed by atoms with Gasteiger partial charge in [0.2, 0.25) is 11.8 Å². The van der Waals surface area contributed by atoms with Crippen molar-refractivity contribution >= 4 is 34.3 Å². The number of ether oxygens (including phenoxy) is 1. The number of aromatic nitrogens is 1. The van der Waals surface area contributed by atoms with Gasteiger partial charge in [-0.1, -0.05) is 17.4 Å². The van der Waals surface area contributed by atoms with Crippen molar-refractivity contribution in [2.24, 2.45) is 5.73 Å². The quantitative estimate of drug-likeness (QED) is 0.642. The van der Waals surface area contributed by atoms with Crippen molar-refractivity contribution < 1.29 is 19.1 Å². The number of rotatable bonds is 4. The first-order valence-electron chi connectivity index (χ1n) is 7.74. The molecule has 2 amide bonds. The zero-order chi connectivity index (χ0) is 18.1. The Morgan fingerprint density at radius 3 is 2.80 bits per heavy atom. The normalized spacial score (nSPS) is 15.5. The lowest BCUT2D eigenvalue weighted by Crippen LogP contribution is -2.19. The van der Waals surface area contributed by atoms with Gasteiger partial charge in [-0.05, 0) is 43.0 Å². The molecular formula is C17H17N3O4S. The second-order valence-corrected chi connectivity index (χ2v) is 6.86. The molecule has 130 valence electrons. The molecule has 0 bridgehead atoms. The largest absolute Gasteiger partial charge is 0.422 e. The number of nitrogens with two attached hydrogens (primary N) is 1. The minimum absolute atomic E-state index is 0.253. The number of carbonyl (C=O) groups excluding carboxylic acids is 3. The minimum atomic E-state index is -0.531. The number of carbonyl (C=O) groups is 3. The third kappa shape index (κ3) is 3.53. The maximum Gasteiger partial charge on any atom is 0.355 e. The van der Waals surface area contributed by atoms with Crippen molar-refractivity contribution in [2.75, 3.05) is 5.32 Å². The lowest BCUT2D eigenvalue weighted by molar-refractivity contribution is -0.119. The highest BCUT2D eigenvalue weighted by Gasteiger charge is 2.27. The van der Waals surface area contributed by atoms with Crippen molar-refractivity contribution in [3.8, 4) is 5.75 Å². The van der Waals surface area contributed by atoms with Crippen LogP contribution in [0.5, 0.6) is 5.75 Å². The lowest BCUT2D eigenvalue weighted by atomic mass is 10.0. The highest BCUT2D eigenvalue weighted by Crippen LogP contribution is 2.35. The van der Waals surface area contributed by atoms with Gasteiger partial charge in [0.05, 0.1) is 11.6 Å². The predicted octanol–water partition coefficient (Wildman–Crippen LogP) is 2.14. The number of anilines is 1. The molecule has 1 aliphatic rings. The Bertz CT molecular complexity index is 875. The van der Waals surface area contributed by atoms with Crippen LogP contribution >= 0.6 is 11.3 Å². The van der Waals surface area contributed by atoms with Crippen molar-refractivity contribution in [1.82, 2.24) is 4.98 Å². The van der Waals surface area contributed by atoms with Crippen LogP contribution in [-0.4, -0.2) is 22.8 Å². The molecule has 1 unspecified atom stereocenters. The van der Waals surface area contributed by atoms with Crippen LogP contribution < -0.4 is 15.8 Å². The number of aryl methyl sites for hydroxylation is 2. The van der Waals surface area contributed by atoms with Crippen LogP contribution in [0.2, 0.25) is 0 Å². The summed E-state index contributed by atoms with van der Waals surface area (Å²) in [5, 5.41) is 2.91. The summed E-state index contributed by atoms with van der Waals surface area (Å²) >= 11 is 1.07. The summed E-state index contributed by atoms with van der Waals surface area (Å²) in [5.41, 5.74) is 7.76. The van der Waals surface area contributed by atoms with E-state index >= 15 is 0 Å². The van der Waals surface area contributed by atoms with Crippen molar-refractivity contribution in [2.45, 2.75) is 32.6 Å². The van der Waals surface area contributed by atoms with E-state index < -0.39 is 5.97 Å². The number of esters is 1. The fraction of sp³-hybridized carbons (Fsp3) is 0.294. The average molecular weight is 359 g/mol. The Morgan fingerprint density at radius 2 is 2.12 bits per heavy atom. The number of primary amides is 1. The third-order valence-corrected chi connectivity index (χ3v) is 5.06. The molecular weight excluding hydrogens is 342 g/mol. The molecule has 3 N–H and O–H groups in total. The average Bonchev–Trinajstić information content (AvgIpc) is 3.09. The molecule has 3 rings (SSSR count). The summed E-state index contributed by atoms with van der Waals surface area (Å²) in [6.45, 7) is 3.05. The van der Waals surface area contributed by atoms with Crippen LogP contribution in [0.3, 0.4) is 0 Å². The Hall–Kier alpha value is -2.74. The van der Waals surface area contributed by atoms with Crippen LogP contribution in [0.1, 0.15) is 45.8 Å². The highest BCUT2D eigenvalue weighted by molar-refractivity contribution is 7.17. The summed E-state index contributed by atoms with van der Waals surface area (Å²) in [6.07, 6.45) is 1.40. The standard InChI is InChI=1S/C17H17N3O4S/c1-8-14(25-17(19-8)20-9(2)21)16(23)24-11-4-6-12-10(7-11)3-5-13(12)15(18)22/h4,6-7,13H,3,5H2,1-2H3,(H2,18,22)(H,19,20,21). The van der Waals surface area contributed by atoms with E-state index in [0.717, 1.165) is 28.9 Å². The van der Waals surface area contributed by atoms with Gasteiger partial charge in [0, 0.05) is 6.92 Å².